The molecule has 1 aromatic rings. The zero-order valence-corrected chi connectivity index (χ0v) is 10.4. The van der Waals surface area contributed by atoms with Crippen molar-refractivity contribution >= 4 is 5.91 Å². The Hall–Kier alpha value is -1.35. The van der Waals surface area contributed by atoms with E-state index in [1.807, 2.05) is 26.0 Å². The van der Waals surface area contributed by atoms with Gasteiger partial charge < -0.3 is 10.1 Å². The lowest BCUT2D eigenvalue weighted by atomic mass is 10.1. The number of nitrogens with one attached hydrogen (secondary N) is 1. The molecule has 1 aliphatic rings. The number of aryl methyl sites for hydroxylation is 1. The number of amides is 1. The Kier molecular flexibility index (Phi) is 3.79. The van der Waals surface area contributed by atoms with Gasteiger partial charge in [-0.2, -0.15) is 0 Å². The lowest BCUT2D eigenvalue weighted by Crippen LogP contribution is -2.31. The molecule has 1 aliphatic carbocycles. The van der Waals surface area contributed by atoms with E-state index < -0.39 is 0 Å². The Balaban J connectivity index is 1.91. The van der Waals surface area contributed by atoms with Gasteiger partial charge in [-0.05, 0) is 37.8 Å². The number of benzene rings is 1. The van der Waals surface area contributed by atoms with Gasteiger partial charge in [0.1, 0.15) is 6.61 Å². The van der Waals surface area contributed by atoms with Crippen molar-refractivity contribution in [3.63, 3.8) is 0 Å². The summed E-state index contributed by atoms with van der Waals surface area (Å²) in [5.74, 6) is -0.0274. The number of hydrogen-bond acceptors (Lipinski definition) is 2. The highest BCUT2D eigenvalue weighted by Gasteiger charge is 2.23. The van der Waals surface area contributed by atoms with Gasteiger partial charge in [0.25, 0.3) is 0 Å². The van der Waals surface area contributed by atoms with E-state index in [-0.39, 0.29) is 24.7 Å². The number of carbonyl (C=O) groups is 1. The maximum absolute atomic E-state index is 11.7. The summed E-state index contributed by atoms with van der Waals surface area (Å²) in [5.41, 5.74) is 2.60. The summed E-state index contributed by atoms with van der Waals surface area (Å²) in [7, 11) is 0. The van der Waals surface area contributed by atoms with Gasteiger partial charge in [-0.3, -0.25) is 4.79 Å². The molecule has 2 rings (SSSR count). The molecule has 1 atom stereocenters. The van der Waals surface area contributed by atoms with E-state index in [4.69, 9.17) is 4.74 Å². The van der Waals surface area contributed by atoms with Crippen LogP contribution in [0.25, 0.3) is 0 Å². The minimum Gasteiger partial charge on any atom is -0.369 e. The highest BCUT2D eigenvalue weighted by molar-refractivity contribution is 5.77. The summed E-state index contributed by atoms with van der Waals surface area (Å²) in [6.45, 7) is 4.01. The molecule has 0 aromatic heterocycles. The van der Waals surface area contributed by atoms with E-state index in [0.717, 1.165) is 12.8 Å². The second-order valence-corrected chi connectivity index (χ2v) is 4.72. The molecule has 92 valence electrons. The predicted octanol–water partition coefficient (Wildman–Crippen LogP) is 2.22. The zero-order chi connectivity index (χ0) is 12.3. The maximum atomic E-state index is 11.7. The minimum absolute atomic E-state index is 0.0274. The monoisotopic (exact) mass is 233 g/mol. The van der Waals surface area contributed by atoms with Gasteiger partial charge in [0.05, 0.1) is 12.1 Å². The van der Waals surface area contributed by atoms with Crippen molar-refractivity contribution in [3.8, 4) is 0 Å². The molecule has 1 N–H and O–H groups in total. The van der Waals surface area contributed by atoms with Gasteiger partial charge in [0.2, 0.25) is 5.91 Å². The van der Waals surface area contributed by atoms with Gasteiger partial charge >= 0.3 is 0 Å². The second-order valence-electron chi connectivity index (χ2n) is 4.72. The molecule has 3 heteroatoms. The van der Waals surface area contributed by atoms with Crippen LogP contribution in [0, 0.1) is 0 Å². The number of carbonyl (C=O) groups excluding carboxylic acids is 1. The van der Waals surface area contributed by atoms with E-state index in [0.29, 0.717) is 0 Å². The lowest BCUT2D eigenvalue weighted by molar-refractivity contribution is -0.127. The molecule has 0 spiro atoms. The maximum Gasteiger partial charge on any atom is 0.246 e. The summed E-state index contributed by atoms with van der Waals surface area (Å²) < 4.78 is 5.29. The summed E-state index contributed by atoms with van der Waals surface area (Å²) >= 11 is 0. The Bertz CT molecular complexity index is 401. The number of rotatable bonds is 4. The molecule has 0 bridgehead atoms. The molecule has 17 heavy (non-hydrogen) atoms. The average Bonchev–Trinajstić information content (AvgIpc) is 2.70. The predicted molar refractivity (Wildman–Crippen MR) is 66.7 cm³/mol. The first kappa shape index (κ1) is 12.1. The standard InChI is InChI=1S/C14H19NO2/c1-10(2)17-9-14(16)15-13-8-7-11-5-3-4-6-12(11)13/h3-6,10,13H,7-9H2,1-2H3,(H,15,16). The summed E-state index contributed by atoms with van der Waals surface area (Å²) in [6, 6.07) is 8.45. The van der Waals surface area contributed by atoms with Crippen molar-refractivity contribution in [2.75, 3.05) is 6.61 Å². The largest absolute Gasteiger partial charge is 0.369 e. The summed E-state index contributed by atoms with van der Waals surface area (Å²) in [4.78, 5) is 11.7. The van der Waals surface area contributed by atoms with Gasteiger partial charge in [0.15, 0.2) is 0 Å². The molecule has 0 saturated heterocycles. The lowest BCUT2D eigenvalue weighted by Gasteiger charge is -2.15. The number of fused-ring (bicyclic) bond motifs is 1. The van der Waals surface area contributed by atoms with Gasteiger partial charge in [-0.15, -0.1) is 0 Å². The Morgan fingerprint density at radius 2 is 2.24 bits per heavy atom. The van der Waals surface area contributed by atoms with Crippen LogP contribution in [0.2, 0.25) is 0 Å². The van der Waals surface area contributed by atoms with Crippen LogP contribution in [0.3, 0.4) is 0 Å². The third kappa shape index (κ3) is 3.07. The third-order valence-corrected chi connectivity index (χ3v) is 3.02. The van der Waals surface area contributed by atoms with Crippen LogP contribution in [-0.4, -0.2) is 18.6 Å². The molecule has 0 saturated carbocycles. The van der Waals surface area contributed by atoms with Crippen LogP contribution in [0.1, 0.15) is 37.4 Å². The molecule has 0 aliphatic heterocycles. The Morgan fingerprint density at radius 1 is 1.47 bits per heavy atom. The molecule has 0 radical (unpaired) electrons. The zero-order valence-electron chi connectivity index (χ0n) is 10.4. The van der Waals surface area contributed by atoms with Gasteiger partial charge in [-0.1, -0.05) is 24.3 Å². The fourth-order valence-electron chi connectivity index (χ4n) is 2.19. The highest BCUT2D eigenvalue weighted by Crippen LogP contribution is 2.30. The van der Waals surface area contributed by atoms with Crippen LogP contribution in [0.4, 0.5) is 0 Å². The molecule has 1 aromatic carbocycles. The van der Waals surface area contributed by atoms with E-state index in [1.165, 1.54) is 11.1 Å². The smallest absolute Gasteiger partial charge is 0.246 e. The van der Waals surface area contributed by atoms with Crippen molar-refractivity contribution in [1.29, 1.82) is 0 Å². The van der Waals surface area contributed by atoms with Crippen LogP contribution in [0.5, 0.6) is 0 Å². The first-order chi connectivity index (χ1) is 8.16. The van der Waals surface area contributed by atoms with Crippen LogP contribution in [0.15, 0.2) is 24.3 Å². The highest BCUT2D eigenvalue weighted by atomic mass is 16.5. The minimum atomic E-state index is -0.0274. The summed E-state index contributed by atoms with van der Waals surface area (Å²) in [6.07, 6.45) is 2.13. The number of ether oxygens (including phenoxy) is 1. The molecule has 1 unspecified atom stereocenters. The summed E-state index contributed by atoms with van der Waals surface area (Å²) in [5, 5.41) is 3.03. The van der Waals surface area contributed by atoms with E-state index in [2.05, 4.69) is 17.4 Å². The van der Waals surface area contributed by atoms with Crippen molar-refractivity contribution in [2.45, 2.75) is 38.8 Å². The third-order valence-electron chi connectivity index (χ3n) is 3.02. The molecular weight excluding hydrogens is 214 g/mol. The number of hydrogen-bond donors (Lipinski definition) is 1. The van der Waals surface area contributed by atoms with Crippen LogP contribution >= 0.6 is 0 Å². The van der Waals surface area contributed by atoms with Crippen molar-refractivity contribution in [2.24, 2.45) is 0 Å². The topological polar surface area (TPSA) is 38.3 Å². The first-order valence-corrected chi connectivity index (χ1v) is 6.15. The molecule has 0 fully saturated rings. The van der Waals surface area contributed by atoms with Crippen molar-refractivity contribution in [3.05, 3.63) is 35.4 Å². The fraction of sp³-hybridized carbons (Fsp3) is 0.500. The fourth-order valence-corrected chi connectivity index (χ4v) is 2.19. The van der Waals surface area contributed by atoms with Gasteiger partial charge in [-0.25, -0.2) is 0 Å². The first-order valence-electron chi connectivity index (χ1n) is 6.15. The Morgan fingerprint density at radius 3 is 3.00 bits per heavy atom. The van der Waals surface area contributed by atoms with Gasteiger partial charge in [0, 0.05) is 0 Å². The van der Waals surface area contributed by atoms with E-state index in [9.17, 15) is 4.79 Å². The normalized spacial score (nSPS) is 18.2. The van der Waals surface area contributed by atoms with E-state index in [1.54, 1.807) is 0 Å². The quantitative estimate of drug-likeness (QED) is 0.866. The van der Waals surface area contributed by atoms with Crippen LogP contribution in [-0.2, 0) is 16.0 Å². The van der Waals surface area contributed by atoms with Crippen LogP contribution < -0.4 is 5.32 Å². The molecule has 3 nitrogen and oxygen atoms in total. The second kappa shape index (κ2) is 5.32. The van der Waals surface area contributed by atoms with E-state index >= 15 is 0 Å². The molecule has 1 amide bonds. The van der Waals surface area contributed by atoms with Crippen molar-refractivity contribution in [1.82, 2.24) is 5.32 Å². The van der Waals surface area contributed by atoms with Crippen molar-refractivity contribution < 1.29 is 9.53 Å². The molecular formula is C14H19NO2. The molecule has 0 heterocycles. The SMILES string of the molecule is CC(C)OCC(=O)NC1CCc2ccccc21. The average molecular weight is 233 g/mol. The Labute approximate surface area is 102 Å².